The third-order valence-electron chi connectivity index (χ3n) is 10.5. The number of hydrogen-bond acceptors (Lipinski definition) is 7. The zero-order valence-electron chi connectivity index (χ0n) is 28.5. The van der Waals surface area contributed by atoms with Crippen LogP contribution in [0.1, 0.15) is 83.4 Å². The molecule has 0 radical (unpaired) electrons. The van der Waals surface area contributed by atoms with E-state index in [1.54, 1.807) is 6.07 Å². The second-order valence-corrected chi connectivity index (χ2v) is 14.6. The average molecular weight is 673 g/mol. The van der Waals surface area contributed by atoms with Crippen molar-refractivity contribution in [3.63, 3.8) is 0 Å². The number of nitrogens with zero attached hydrogens (tertiary/aromatic N) is 6. The summed E-state index contributed by atoms with van der Waals surface area (Å²) in [5.41, 5.74) is 2.75. The Balaban J connectivity index is 1.38. The van der Waals surface area contributed by atoms with Crippen LogP contribution in [-0.4, -0.2) is 86.2 Å². The van der Waals surface area contributed by atoms with Crippen molar-refractivity contribution >= 4 is 51.8 Å². The molecule has 1 amide bonds. The molecule has 2 aromatic heterocycles. The van der Waals surface area contributed by atoms with Gasteiger partial charge in [0.25, 0.3) is 0 Å². The van der Waals surface area contributed by atoms with Gasteiger partial charge in [0.1, 0.15) is 11.3 Å². The zero-order chi connectivity index (χ0) is 33.9. The molecule has 9 nitrogen and oxygen atoms in total. The Morgan fingerprint density at radius 2 is 1.83 bits per heavy atom. The Morgan fingerprint density at radius 1 is 1.10 bits per heavy atom. The molecule has 0 unspecified atom stereocenters. The molecule has 48 heavy (non-hydrogen) atoms. The standard InChI is InChI=1S/C37H46ClFN8O/c1-7-28-32(34(44-43-28)23-9-10-23)30(20(3)4)31-27(38)17-26-35(33(31)39)41-37(40-24-13-15-45(16-14-24)25-11-12-25)42-36(26)47-19-21(5)46(18-22(47)6)29(48)8-2/h7-8,17,21-25,43H,2-3,9-16,18-19H2,1,4-6H3,(H,40,41,42)/b28-7+,32-30-/t21-,22+/m1/s1. The Bertz CT molecular complexity index is 1910. The summed E-state index contributed by atoms with van der Waals surface area (Å²) in [5, 5.41) is 13.9. The number of fused-ring (bicyclic) bond motifs is 1. The van der Waals surface area contributed by atoms with E-state index in [1.807, 2.05) is 31.7 Å². The summed E-state index contributed by atoms with van der Waals surface area (Å²) in [4.78, 5) is 29.2. The van der Waals surface area contributed by atoms with Gasteiger partial charge in [0, 0.05) is 72.4 Å². The normalized spacial score (nSPS) is 23.5. The first kappa shape index (κ1) is 32.8. The highest BCUT2D eigenvalue weighted by Crippen LogP contribution is 2.41. The summed E-state index contributed by atoms with van der Waals surface area (Å²) in [7, 11) is 0. The quantitative estimate of drug-likeness (QED) is 0.316. The maximum absolute atomic E-state index is 17.4. The molecule has 3 aromatic rings. The number of rotatable bonds is 8. The van der Waals surface area contributed by atoms with E-state index in [1.165, 1.54) is 18.9 Å². The molecule has 2 atom stereocenters. The second-order valence-electron chi connectivity index (χ2n) is 14.2. The number of hydrogen-bond donors (Lipinski definition) is 2. The lowest BCUT2D eigenvalue weighted by atomic mass is 9.94. The van der Waals surface area contributed by atoms with Crippen LogP contribution in [0.5, 0.6) is 0 Å². The highest BCUT2D eigenvalue weighted by Gasteiger charge is 2.36. The van der Waals surface area contributed by atoms with Crippen molar-refractivity contribution in [3.05, 3.63) is 63.5 Å². The fourth-order valence-corrected chi connectivity index (χ4v) is 7.90. The molecule has 4 heterocycles. The number of H-pyrrole nitrogens is 1. The van der Waals surface area contributed by atoms with E-state index in [9.17, 15) is 4.79 Å². The molecule has 11 heteroatoms. The fourth-order valence-electron chi connectivity index (χ4n) is 7.62. The molecule has 1 aromatic carbocycles. The number of carbonyl (C=O) groups is 1. The van der Waals surface area contributed by atoms with Gasteiger partial charge >= 0.3 is 0 Å². The number of aromatic amines is 1. The largest absolute Gasteiger partial charge is 0.351 e. The second kappa shape index (κ2) is 12.9. The van der Waals surface area contributed by atoms with Crippen molar-refractivity contribution in [3.8, 4) is 0 Å². The monoisotopic (exact) mass is 672 g/mol. The van der Waals surface area contributed by atoms with E-state index in [0.717, 1.165) is 61.1 Å². The molecule has 7 rings (SSSR count). The van der Waals surface area contributed by atoms with Crippen molar-refractivity contribution in [2.75, 3.05) is 36.4 Å². The maximum Gasteiger partial charge on any atom is 0.246 e. The highest BCUT2D eigenvalue weighted by molar-refractivity contribution is 6.33. The van der Waals surface area contributed by atoms with Gasteiger partial charge in [0.05, 0.1) is 16.1 Å². The molecular formula is C37H46ClFN8O. The van der Waals surface area contributed by atoms with Crippen molar-refractivity contribution in [2.24, 2.45) is 0 Å². The number of benzene rings is 1. The van der Waals surface area contributed by atoms with Crippen LogP contribution in [-0.2, 0) is 4.79 Å². The summed E-state index contributed by atoms with van der Waals surface area (Å²) in [5.74, 6) is 0.735. The molecule has 0 bridgehead atoms. The number of carbonyl (C=O) groups excluding carboxylic acids is 1. The number of piperazine rings is 1. The Hall–Kier alpha value is -3.76. The van der Waals surface area contributed by atoms with E-state index in [4.69, 9.17) is 21.6 Å². The van der Waals surface area contributed by atoms with Gasteiger partial charge in [0.2, 0.25) is 11.9 Å². The molecular weight excluding hydrogens is 627 g/mol. The van der Waals surface area contributed by atoms with Crippen molar-refractivity contribution in [2.45, 2.75) is 96.3 Å². The predicted molar refractivity (Wildman–Crippen MR) is 191 cm³/mol. The first-order chi connectivity index (χ1) is 23.1. The van der Waals surface area contributed by atoms with E-state index in [-0.39, 0.29) is 40.1 Å². The lowest BCUT2D eigenvalue weighted by molar-refractivity contribution is -0.128. The molecule has 4 fully saturated rings. The van der Waals surface area contributed by atoms with Crippen LogP contribution in [0.15, 0.2) is 30.9 Å². The first-order valence-corrected chi connectivity index (χ1v) is 17.8. The summed E-state index contributed by atoms with van der Waals surface area (Å²) in [6, 6.07) is 2.53. The van der Waals surface area contributed by atoms with Gasteiger partial charge in [-0.15, -0.1) is 0 Å². The lowest BCUT2D eigenvalue weighted by Crippen LogP contribution is -2.58. The van der Waals surface area contributed by atoms with Crippen LogP contribution >= 0.6 is 11.6 Å². The fraction of sp³-hybridized carbons (Fsp3) is 0.514. The van der Waals surface area contributed by atoms with Crippen molar-refractivity contribution in [1.82, 2.24) is 30.0 Å². The van der Waals surface area contributed by atoms with Crippen LogP contribution in [0.25, 0.3) is 22.6 Å². The third-order valence-corrected chi connectivity index (χ3v) is 10.8. The lowest BCUT2D eigenvalue weighted by Gasteiger charge is -2.44. The van der Waals surface area contributed by atoms with Crippen LogP contribution in [0.2, 0.25) is 5.02 Å². The molecule has 2 saturated heterocycles. The predicted octanol–water partition coefficient (Wildman–Crippen LogP) is 5.25. The third kappa shape index (κ3) is 6.02. The molecule has 2 saturated carbocycles. The van der Waals surface area contributed by atoms with Crippen LogP contribution in [0, 0.1) is 5.82 Å². The first-order valence-electron chi connectivity index (χ1n) is 17.4. The Kier molecular flexibility index (Phi) is 8.83. The number of aromatic nitrogens is 4. The van der Waals surface area contributed by atoms with Gasteiger partial charge in [-0.2, -0.15) is 10.1 Å². The van der Waals surface area contributed by atoms with Gasteiger partial charge in [-0.25, -0.2) is 9.37 Å². The molecule has 0 spiro atoms. The molecule has 2 aliphatic carbocycles. The number of allylic oxidation sites excluding steroid dienone is 1. The summed E-state index contributed by atoms with van der Waals surface area (Å²) in [6.07, 6.45) is 9.96. The summed E-state index contributed by atoms with van der Waals surface area (Å²) >= 11 is 7.11. The Labute approximate surface area is 286 Å². The summed E-state index contributed by atoms with van der Waals surface area (Å²) in [6.45, 7) is 19.0. The minimum atomic E-state index is -0.503. The number of likely N-dealkylation sites (tertiary alicyclic amines) is 1. The molecule has 254 valence electrons. The maximum atomic E-state index is 17.4. The van der Waals surface area contributed by atoms with E-state index < -0.39 is 5.82 Å². The number of piperidine rings is 1. The average Bonchev–Trinajstić information content (AvgIpc) is 4.02. The van der Waals surface area contributed by atoms with Crippen LogP contribution in [0.3, 0.4) is 0 Å². The minimum Gasteiger partial charge on any atom is -0.351 e. The topological polar surface area (TPSA) is 93.3 Å². The minimum absolute atomic E-state index is 0.0911. The van der Waals surface area contributed by atoms with Gasteiger partial charge in [0.15, 0.2) is 5.82 Å². The van der Waals surface area contributed by atoms with Gasteiger partial charge in [-0.1, -0.05) is 30.8 Å². The zero-order valence-corrected chi connectivity index (χ0v) is 29.2. The van der Waals surface area contributed by atoms with Gasteiger partial charge in [-0.3, -0.25) is 9.89 Å². The SMILES string of the molecule is C=CC(=O)N1C[C@H](C)N(c2nc(NC3CCN(C4CC4)CC3)nc3c(F)c(/C(C(=C)C)=c4\c(C5CC5)n[nH]\c4=C\C)c(Cl)cc23)C[C@H]1C. The van der Waals surface area contributed by atoms with Crippen molar-refractivity contribution < 1.29 is 9.18 Å². The number of amides is 1. The highest BCUT2D eigenvalue weighted by atomic mass is 35.5. The van der Waals surface area contributed by atoms with E-state index in [0.29, 0.717) is 47.3 Å². The van der Waals surface area contributed by atoms with E-state index in [2.05, 4.69) is 45.4 Å². The Morgan fingerprint density at radius 3 is 2.46 bits per heavy atom. The van der Waals surface area contributed by atoms with Gasteiger partial charge in [-0.05, 0) is 89.5 Å². The smallest absolute Gasteiger partial charge is 0.246 e. The number of nitrogens with one attached hydrogen (secondary N) is 2. The number of halogens is 2. The summed E-state index contributed by atoms with van der Waals surface area (Å²) < 4.78 is 17.4. The van der Waals surface area contributed by atoms with Crippen LogP contribution in [0.4, 0.5) is 16.2 Å². The molecule has 2 aliphatic heterocycles. The van der Waals surface area contributed by atoms with E-state index >= 15 is 4.39 Å². The number of anilines is 2. The molecule has 2 N–H and O–H groups in total. The molecule has 4 aliphatic rings. The van der Waals surface area contributed by atoms with Crippen LogP contribution < -0.4 is 20.8 Å². The van der Waals surface area contributed by atoms with Crippen molar-refractivity contribution in [1.29, 1.82) is 0 Å². The van der Waals surface area contributed by atoms with Gasteiger partial charge < -0.3 is 20.0 Å².